The summed E-state index contributed by atoms with van der Waals surface area (Å²) in [5.41, 5.74) is 0.610. The molecule has 0 fully saturated rings. The van der Waals surface area contributed by atoms with E-state index in [2.05, 4.69) is 14.9 Å². The number of nitrogens with one attached hydrogen (secondary N) is 2. The number of halogens is 1. The zero-order valence-corrected chi connectivity index (χ0v) is 18.1. The predicted molar refractivity (Wildman–Crippen MR) is 115 cm³/mol. The van der Waals surface area contributed by atoms with Gasteiger partial charge >= 0.3 is 5.69 Å². The van der Waals surface area contributed by atoms with Crippen LogP contribution < -0.4 is 10.4 Å². The standard InChI is InChI=1S/C19H21ClN4O3S2/c1-2-24-18(25)21-22-19(24)28-13-12-17(14-6-4-3-5-7-14)23-29(26,27)16-10-8-15(20)9-11-16/h3-11,17,23H,2,12-13H2,1H3,(H,21,25). The highest BCUT2D eigenvalue weighted by molar-refractivity contribution is 7.99. The Kier molecular flexibility index (Phi) is 7.18. The number of benzene rings is 2. The van der Waals surface area contributed by atoms with Crippen LogP contribution in [0.1, 0.15) is 24.9 Å². The average Bonchev–Trinajstić information content (AvgIpc) is 3.07. The Balaban J connectivity index is 1.76. The molecule has 10 heteroatoms. The molecular weight excluding hydrogens is 432 g/mol. The van der Waals surface area contributed by atoms with Crippen LogP contribution in [0.25, 0.3) is 0 Å². The summed E-state index contributed by atoms with van der Waals surface area (Å²) in [5, 5.41) is 7.52. The largest absolute Gasteiger partial charge is 0.343 e. The van der Waals surface area contributed by atoms with Crippen LogP contribution in [0.3, 0.4) is 0 Å². The molecule has 1 atom stereocenters. The van der Waals surface area contributed by atoms with Gasteiger partial charge in [-0.1, -0.05) is 53.7 Å². The van der Waals surface area contributed by atoms with Gasteiger partial charge in [-0.25, -0.2) is 23.0 Å². The lowest BCUT2D eigenvalue weighted by molar-refractivity contribution is 0.551. The van der Waals surface area contributed by atoms with Gasteiger partial charge in [-0.15, -0.1) is 5.10 Å². The van der Waals surface area contributed by atoms with Crippen molar-refractivity contribution in [1.29, 1.82) is 0 Å². The molecular formula is C19H21ClN4O3S2. The number of H-pyrrole nitrogens is 1. The lowest BCUT2D eigenvalue weighted by Crippen LogP contribution is -2.29. The summed E-state index contributed by atoms with van der Waals surface area (Å²) in [7, 11) is -3.72. The Morgan fingerprint density at radius 2 is 1.86 bits per heavy atom. The van der Waals surface area contributed by atoms with Gasteiger partial charge in [0.25, 0.3) is 0 Å². The maximum Gasteiger partial charge on any atom is 0.343 e. The van der Waals surface area contributed by atoms with Gasteiger partial charge in [0.15, 0.2) is 5.16 Å². The van der Waals surface area contributed by atoms with Crippen LogP contribution in [0.5, 0.6) is 0 Å². The molecule has 3 rings (SSSR count). The van der Waals surface area contributed by atoms with Crippen LogP contribution in [-0.2, 0) is 16.6 Å². The van der Waals surface area contributed by atoms with Crippen molar-refractivity contribution in [2.45, 2.75) is 36.0 Å². The summed E-state index contributed by atoms with van der Waals surface area (Å²) in [4.78, 5) is 11.8. The molecule has 2 aromatic carbocycles. The molecule has 2 N–H and O–H groups in total. The molecule has 1 aromatic heterocycles. The number of aromatic nitrogens is 3. The van der Waals surface area contributed by atoms with Gasteiger partial charge in [-0.3, -0.25) is 4.57 Å². The van der Waals surface area contributed by atoms with Crippen LogP contribution in [-0.4, -0.2) is 28.9 Å². The quantitative estimate of drug-likeness (QED) is 0.485. The summed E-state index contributed by atoms with van der Waals surface area (Å²) in [5.74, 6) is 0.576. The second kappa shape index (κ2) is 9.62. The second-order valence-electron chi connectivity index (χ2n) is 6.23. The van der Waals surface area contributed by atoms with Gasteiger partial charge < -0.3 is 0 Å². The zero-order chi connectivity index (χ0) is 20.9. The minimum absolute atomic E-state index is 0.155. The van der Waals surface area contributed by atoms with E-state index >= 15 is 0 Å². The molecule has 0 aliphatic rings. The molecule has 3 aromatic rings. The van der Waals surface area contributed by atoms with Crippen molar-refractivity contribution in [2.24, 2.45) is 0 Å². The summed E-state index contributed by atoms with van der Waals surface area (Å²) < 4.78 is 30.0. The first-order chi connectivity index (χ1) is 13.9. The van der Waals surface area contributed by atoms with Crippen molar-refractivity contribution in [1.82, 2.24) is 19.5 Å². The summed E-state index contributed by atoms with van der Waals surface area (Å²) in [6.45, 7) is 2.39. The van der Waals surface area contributed by atoms with Gasteiger partial charge in [0.05, 0.1) is 4.90 Å². The topological polar surface area (TPSA) is 96.8 Å². The van der Waals surface area contributed by atoms with E-state index in [1.165, 1.54) is 23.9 Å². The van der Waals surface area contributed by atoms with Crippen molar-refractivity contribution in [3.8, 4) is 0 Å². The van der Waals surface area contributed by atoms with Gasteiger partial charge in [-0.05, 0) is 43.2 Å². The van der Waals surface area contributed by atoms with E-state index in [0.29, 0.717) is 28.9 Å². The van der Waals surface area contributed by atoms with Crippen LogP contribution in [0.4, 0.5) is 0 Å². The molecule has 29 heavy (non-hydrogen) atoms. The molecule has 0 spiro atoms. The summed E-state index contributed by atoms with van der Waals surface area (Å²) in [6, 6.07) is 15.0. The van der Waals surface area contributed by atoms with Crippen molar-refractivity contribution in [3.63, 3.8) is 0 Å². The SMILES string of the molecule is CCn1c(SCCC(NS(=O)(=O)c2ccc(Cl)cc2)c2ccccc2)n[nH]c1=O. The molecule has 0 amide bonds. The average molecular weight is 453 g/mol. The fraction of sp³-hybridized carbons (Fsp3) is 0.263. The number of aromatic amines is 1. The van der Waals surface area contributed by atoms with Crippen molar-refractivity contribution < 1.29 is 8.42 Å². The third-order valence-corrected chi connectivity index (χ3v) is 7.05. The van der Waals surface area contributed by atoms with E-state index < -0.39 is 16.1 Å². The molecule has 1 unspecified atom stereocenters. The fourth-order valence-corrected chi connectivity index (χ4v) is 5.21. The molecule has 0 saturated heterocycles. The summed E-state index contributed by atoms with van der Waals surface area (Å²) in [6.07, 6.45) is 0.520. The maximum absolute atomic E-state index is 12.8. The Morgan fingerprint density at radius 1 is 1.17 bits per heavy atom. The molecule has 0 aliphatic heterocycles. The fourth-order valence-electron chi connectivity index (χ4n) is 2.81. The Hall–Kier alpha value is -2.07. The van der Waals surface area contributed by atoms with Crippen LogP contribution >= 0.6 is 23.4 Å². The lowest BCUT2D eigenvalue weighted by Gasteiger charge is -2.19. The van der Waals surface area contributed by atoms with Crippen molar-refractivity contribution in [2.75, 3.05) is 5.75 Å². The van der Waals surface area contributed by atoms with E-state index in [0.717, 1.165) is 5.56 Å². The van der Waals surface area contributed by atoms with E-state index in [-0.39, 0.29) is 10.6 Å². The van der Waals surface area contributed by atoms with Gasteiger partial charge in [0.1, 0.15) is 0 Å². The smallest absolute Gasteiger partial charge is 0.270 e. The van der Waals surface area contributed by atoms with Crippen LogP contribution in [0, 0.1) is 0 Å². The van der Waals surface area contributed by atoms with Crippen LogP contribution in [0.2, 0.25) is 5.02 Å². The normalized spacial score (nSPS) is 12.8. The van der Waals surface area contributed by atoms with E-state index in [1.54, 1.807) is 16.7 Å². The van der Waals surface area contributed by atoms with Gasteiger partial charge in [0, 0.05) is 23.4 Å². The third kappa shape index (κ3) is 5.51. The number of rotatable bonds is 9. The molecule has 1 heterocycles. The molecule has 7 nitrogen and oxygen atoms in total. The first-order valence-electron chi connectivity index (χ1n) is 9.01. The highest BCUT2D eigenvalue weighted by atomic mass is 35.5. The number of hydrogen-bond donors (Lipinski definition) is 2. The van der Waals surface area contributed by atoms with Gasteiger partial charge in [-0.2, -0.15) is 0 Å². The van der Waals surface area contributed by atoms with Crippen LogP contribution in [0.15, 0.2) is 69.4 Å². The van der Waals surface area contributed by atoms with E-state index in [4.69, 9.17) is 11.6 Å². The predicted octanol–water partition coefficient (Wildman–Crippen LogP) is 3.45. The number of sulfonamides is 1. The Labute approximate surface area is 178 Å². The van der Waals surface area contributed by atoms with Gasteiger partial charge in [0.2, 0.25) is 10.0 Å². The minimum Gasteiger partial charge on any atom is -0.270 e. The van der Waals surface area contributed by atoms with Crippen molar-refractivity contribution in [3.05, 3.63) is 75.7 Å². The zero-order valence-electron chi connectivity index (χ0n) is 15.7. The summed E-state index contributed by atoms with van der Waals surface area (Å²) >= 11 is 7.27. The first-order valence-corrected chi connectivity index (χ1v) is 11.9. The number of hydrogen-bond acceptors (Lipinski definition) is 5. The third-order valence-electron chi connectivity index (χ3n) is 4.30. The monoisotopic (exact) mass is 452 g/mol. The minimum atomic E-state index is -3.72. The molecule has 0 saturated carbocycles. The Bertz CT molecular complexity index is 1100. The van der Waals surface area contributed by atoms with E-state index in [1.807, 2.05) is 37.3 Å². The molecule has 0 radical (unpaired) electrons. The molecule has 0 bridgehead atoms. The maximum atomic E-state index is 12.8. The first kappa shape index (κ1) is 21.6. The molecule has 0 aliphatic carbocycles. The molecule has 154 valence electrons. The second-order valence-corrected chi connectivity index (χ2v) is 9.44. The number of nitrogens with zero attached hydrogens (tertiary/aromatic N) is 2. The lowest BCUT2D eigenvalue weighted by atomic mass is 10.1. The van der Waals surface area contributed by atoms with E-state index in [9.17, 15) is 13.2 Å². The number of thioether (sulfide) groups is 1. The highest BCUT2D eigenvalue weighted by Crippen LogP contribution is 2.25. The highest BCUT2D eigenvalue weighted by Gasteiger charge is 2.22. The van der Waals surface area contributed by atoms with Crippen molar-refractivity contribution >= 4 is 33.4 Å². The Morgan fingerprint density at radius 3 is 2.52 bits per heavy atom.